The van der Waals surface area contributed by atoms with Crippen molar-refractivity contribution in [2.24, 2.45) is 5.29 Å². The summed E-state index contributed by atoms with van der Waals surface area (Å²) in [5.74, 6) is 0.248. The molecule has 0 N–H and O–H groups in total. The van der Waals surface area contributed by atoms with Crippen LogP contribution in [0.2, 0.25) is 0 Å². The van der Waals surface area contributed by atoms with Crippen LogP contribution in [0.25, 0.3) is 0 Å². The van der Waals surface area contributed by atoms with E-state index < -0.39 is 7.67 Å². The normalized spacial score (nSPS) is 31.1. The number of hydrogen-bond donors (Lipinski definition) is 0. The molecule has 2 heterocycles. The van der Waals surface area contributed by atoms with Crippen LogP contribution in [0, 0.1) is 4.91 Å². The van der Waals surface area contributed by atoms with E-state index in [4.69, 9.17) is 16.1 Å². The lowest BCUT2D eigenvalue weighted by Crippen LogP contribution is -2.53. The third-order valence-corrected chi connectivity index (χ3v) is 8.23. The first kappa shape index (κ1) is 19.5. The number of hydrogen-bond acceptors (Lipinski definition) is 5. The van der Waals surface area contributed by atoms with E-state index in [2.05, 4.69) is 10.2 Å². The summed E-state index contributed by atoms with van der Waals surface area (Å²) in [4.78, 5) is 13.7. The molecule has 0 spiro atoms. The third kappa shape index (κ3) is 4.37. The molecular weight excluding hydrogens is 365 g/mol. The summed E-state index contributed by atoms with van der Waals surface area (Å²) in [5, 5.41) is 4.20. The SMILES string of the molecule is O=NN(CCCl)N1CCCOP1(=O)N1CCN(C2CCCCC2)CC1. The highest BCUT2D eigenvalue weighted by atomic mass is 35.5. The zero-order valence-electron chi connectivity index (χ0n) is 14.8. The fourth-order valence-corrected chi connectivity index (χ4v) is 6.67. The van der Waals surface area contributed by atoms with Crippen LogP contribution < -0.4 is 0 Å². The Bertz CT molecular complexity index is 486. The molecule has 0 radical (unpaired) electrons. The van der Waals surface area contributed by atoms with Crippen molar-refractivity contribution in [1.29, 1.82) is 0 Å². The molecule has 10 heteroatoms. The molecule has 0 aromatic heterocycles. The fraction of sp³-hybridized carbons (Fsp3) is 1.00. The molecular formula is C15H29ClN5O3P. The zero-order chi connectivity index (χ0) is 17.7. The number of piperazine rings is 1. The largest absolute Gasteiger partial charge is 0.365 e. The highest BCUT2D eigenvalue weighted by Crippen LogP contribution is 2.57. The van der Waals surface area contributed by atoms with Gasteiger partial charge in [-0.25, -0.2) is 4.67 Å². The van der Waals surface area contributed by atoms with Gasteiger partial charge in [-0.1, -0.05) is 19.3 Å². The first-order chi connectivity index (χ1) is 12.2. The van der Waals surface area contributed by atoms with E-state index in [9.17, 15) is 9.47 Å². The van der Waals surface area contributed by atoms with E-state index in [1.165, 1.54) is 42.0 Å². The lowest BCUT2D eigenvalue weighted by atomic mass is 9.94. The molecule has 1 unspecified atom stereocenters. The smallest absolute Gasteiger partial charge is 0.305 e. The molecule has 3 fully saturated rings. The minimum atomic E-state index is -3.25. The molecule has 0 bridgehead atoms. The highest BCUT2D eigenvalue weighted by Gasteiger charge is 2.46. The van der Waals surface area contributed by atoms with E-state index in [1.54, 1.807) is 0 Å². The van der Waals surface area contributed by atoms with Gasteiger partial charge in [-0.3, -0.25) is 9.46 Å². The lowest BCUT2D eigenvalue weighted by molar-refractivity contribution is 0.00135. The summed E-state index contributed by atoms with van der Waals surface area (Å²) >= 11 is 5.76. The van der Waals surface area contributed by atoms with Crippen molar-refractivity contribution in [3.63, 3.8) is 0 Å². The standard InChI is InChI=1S/C15H29ClN5O3P/c16-7-9-20(17-22)21-8-4-14-24-25(21,23)19-12-10-18(11-13-19)15-5-2-1-3-6-15/h15H,1-14H2. The maximum atomic E-state index is 13.6. The van der Waals surface area contributed by atoms with Crippen LogP contribution in [0.5, 0.6) is 0 Å². The van der Waals surface area contributed by atoms with Crippen molar-refractivity contribution in [3.05, 3.63) is 4.91 Å². The Morgan fingerprint density at radius 3 is 2.44 bits per heavy atom. The van der Waals surface area contributed by atoms with Gasteiger partial charge in [0.25, 0.3) is 0 Å². The van der Waals surface area contributed by atoms with Gasteiger partial charge in [0.2, 0.25) is 0 Å². The van der Waals surface area contributed by atoms with E-state index >= 15 is 0 Å². The topological polar surface area (TPSA) is 68.7 Å². The van der Waals surface area contributed by atoms with Crippen LogP contribution >= 0.6 is 19.3 Å². The maximum Gasteiger partial charge on any atom is 0.365 e. The minimum absolute atomic E-state index is 0.237. The Kier molecular flexibility index (Phi) is 7.11. The number of hydrazine groups is 1. The molecule has 0 amide bonds. The van der Waals surface area contributed by atoms with Crippen LogP contribution in [-0.2, 0) is 9.09 Å². The van der Waals surface area contributed by atoms with Gasteiger partial charge < -0.3 is 4.52 Å². The number of nitrogens with zero attached hydrogens (tertiary/aromatic N) is 5. The summed E-state index contributed by atoms with van der Waals surface area (Å²) in [6, 6.07) is 0.671. The van der Waals surface area contributed by atoms with Gasteiger partial charge in [0.1, 0.15) is 0 Å². The molecule has 3 rings (SSSR count). The van der Waals surface area contributed by atoms with Crippen LogP contribution in [0.3, 0.4) is 0 Å². The molecule has 25 heavy (non-hydrogen) atoms. The van der Waals surface area contributed by atoms with Crippen molar-refractivity contribution in [2.75, 3.05) is 51.8 Å². The second-order valence-electron chi connectivity index (χ2n) is 6.92. The lowest BCUT2D eigenvalue weighted by Gasteiger charge is -2.47. The average molecular weight is 394 g/mol. The van der Waals surface area contributed by atoms with Crippen molar-refractivity contribution in [3.8, 4) is 0 Å². The van der Waals surface area contributed by atoms with E-state index in [-0.39, 0.29) is 12.4 Å². The molecule has 1 saturated carbocycles. The Hall–Kier alpha value is -0.240. The Morgan fingerprint density at radius 2 is 1.80 bits per heavy atom. The van der Waals surface area contributed by atoms with E-state index in [0.717, 1.165) is 19.5 Å². The summed E-state index contributed by atoms with van der Waals surface area (Å²) < 4.78 is 22.8. The molecule has 1 atom stereocenters. The summed E-state index contributed by atoms with van der Waals surface area (Å²) in [7, 11) is -3.25. The monoisotopic (exact) mass is 393 g/mol. The first-order valence-electron chi connectivity index (χ1n) is 9.38. The maximum absolute atomic E-state index is 13.6. The minimum Gasteiger partial charge on any atom is -0.305 e. The third-order valence-electron chi connectivity index (χ3n) is 5.44. The van der Waals surface area contributed by atoms with Crippen molar-refractivity contribution >= 4 is 19.3 Å². The van der Waals surface area contributed by atoms with Crippen LogP contribution in [0.4, 0.5) is 0 Å². The van der Waals surface area contributed by atoms with Crippen LogP contribution in [0.15, 0.2) is 5.29 Å². The molecule has 144 valence electrons. The number of alkyl halides is 1. The van der Waals surface area contributed by atoms with Gasteiger partial charge in [0.15, 0.2) is 0 Å². The quantitative estimate of drug-likeness (QED) is 0.297. The van der Waals surface area contributed by atoms with Crippen molar-refractivity contribution < 1.29 is 9.09 Å². The second kappa shape index (κ2) is 9.11. The van der Waals surface area contributed by atoms with Gasteiger partial charge in [0.05, 0.1) is 18.4 Å². The van der Waals surface area contributed by atoms with Gasteiger partial charge in [-0.15, -0.1) is 21.3 Å². The van der Waals surface area contributed by atoms with Gasteiger partial charge in [-0.05, 0) is 19.3 Å². The molecule has 0 aromatic rings. The number of rotatable bonds is 6. The number of nitroso groups, excluding NO2 is 1. The fourth-order valence-electron chi connectivity index (χ4n) is 4.11. The van der Waals surface area contributed by atoms with Gasteiger partial charge in [-0.2, -0.15) is 5.12 Å². The highest BCUT2D eigenvalue weighted by molar-refractivity contribution is 7.53. The number of halogens is 1. The first-order valence-corrected chi connectivity index (χ1v) is 11.4. The molecule has 0 aromatic carbocycles. The zero-order valence-corrected chi connectivity index (χ0v) is 16.4. The predicted molar refractivity (Wildman–Crippen MR) is 98.1 cm³/mol. The summed E-state index contributed by atoms with van der Waals surface area (Å²) in [6.07, 6.45) is 7.26. The van der Waals surface area contributed by atoms with Gasteiger partial charge >= 0.3 is 7.67 Å². The summed E-state index contributed by atoms with van der Waals surface area (Å²) in [6.45, 7) is 4.37. The molecule has 1 aliphatic carbocycles. The van der Waals surface area contributed by atoms with Crippen LogP contribution in [0.1, 0.15) is 38.5 Å². The summed E-state index contributed by atoms with van der Waals surface area (Å²) in [5.41, 5.74) is 0. The Balaban J connectivity index is 1.64. The molecule has 3 aliphatic rings. The van der Waals surface area contributed by atoms with Crippen LogP contribution in [-0.4, -0.2) is 77.3 Å². The van der Waals surface area contributed by atoms with E-state index in [0.29, 0.717) is 32.3 Å². The average Bonchev–Trinajstić information content (AvgIpc) is 2.67. The Morgan fingerprint density at radius 1 is 1.08 bits per heavy atom. The molecule has 8 nitrogen and oxygen atoms in total. The predicted octanol–water partition coefficient (Wildman–Crippen LogP) is 2.90. The van der Waals surface area contributed by atoms with Gasteiger partial charge in [0, 0.05) is 44.6 Å². The second-order valence-corrected chi connectivity index (χ2v) is 9.57. The van der Waals surface area contributed by atoms with E-state index in [1.807, 2.05) is 4.67 Å². The molecule has 2 aliphatic heterocycles. The van der Waals surface area contributed by atoms with Crippen molar-refractivity contribution in [1.82, 2.24) is 19.5 Å². The Labute approximate surface area is 154 Å². The van der Waals surface area contributed by atoms with Crippen molar-refractivity contribution in [2.45, 2.75) is 44.6 Å². The molecule has 2 saturated heterocycles.